The molecule has 1 aromatic carbocycles. The number of hydrogen-bond donors (Lipinski definition) is 1. The molecular weight excluding hydrogens is 255 g/mol. The molecule has 0 aliphatic rings. The van der Waals surface area contributed by atoms with Gasteiger partial charge < -0.3 is 10.3 Å². The Morgan fingerprint density at radius 1 is 1.30 bits per heavy atom. The first-order valence-corrected chi connectivity index (χ1v) is 6.42. The third-order valence-corrected chi connectivity index (χ3v) is 3.49. The van der Waals surface area contributed by atoms with Gasteiger partial charge in [-0.25, -0.2) is 9.37 Å². The van der Waals surface area contributed by atoms with E-state index in [1.807, 2.05) is 35.9 Å². The maximum Gasteiger partial charge on any atom is 0.146 e. The lowest BCUT2D eigenvalue weighted by Gasteiger charge is -2.12. The summed E-state index contributed by atoms with van der Waals surface area (Å²) in [6.07, 6.45) is 3.21. The summed E-state index contributed by atoms with van der Waals surface area (Å²) in [5.41, 5.74) is 8.53. The highest BCUT2D eigenvalue weighted by molar-refractivity contribution is 5.75. The van der Waals surface area contributed by atoms with E-state index >= 15 is 0 Å². The molecule has 3 rings (SSSR count). The van der Waals surface area contributed by atoms with Crippen molar-refractivity contribution >= 4 is 11.0 Å². The number of aromatic nitrogens is 3. The zero-order valence-electron chi connectivity index (χ0n) is 11.1. The SMILES string of the molecule is Cn1c(CC(N)c2ccncc2F)nc2ccccc21. The maximum atomic E-state index is 13.7. The number of pyridine rings is 1. The standard InChI is InChI=1S/C15H15FN4/c1-20-14-5-3-2-4-13(14)19-15(20)8-12(17)10-6-7-18-9-11(10)16/h2-7,9,12H,8,17H2,1H3. The zero-order valence-corrected chi connectivity index (χ0v) is 11.1. The van der Waals surface area contributed by atoms with Crippen molar-refractivity contribution in [3.8, 4) is 0 Å². The van der Waals surface area contributed by atoms with E-state index < -0.39 is 6.04 Å². The van der Waals surface area contributed by atoms with Crippen LogP contribution in [0.15, 0.2) is 42.7 Å². The van der Waals surface area contributed by atoms with Gasteiger partial charge in [-0.2, -0.15) is 0 Å². The quantitative estimate of drug-likeness (QED) is 0.794. The lowest BCUT2D eigenvalue weighted by Crippen LogP contribution is -2.17. The van der Waals surface area contributed by atoms with Gasteiger partial charge in [0.25, 0.3) is 0 Å². The zero-order chi connectivity index (χ0) is 14.1. The second kappa shape index (κ2) is 5.02. The van der Waals surface area contributed by atoms with Crippen LogP contribution in [0.4, 0.5) is 4.39 Å². The number of para-hydroxylation sites is 2. The fourth-order valence-electron chi connectivity index (χ4n) is 2.37. The van der Waals surface area contributed by atoms with Crippen molar-refractivity contribution in [1.29, 1.82) is 0 Å². The van der Waals surface area contributed by atoms with Crippen LogP contribution in [0.1, 0.15) is 17.4 Å². The van der Waals surface area contributed by atoms with Crippen molar-refractivity contribution in [1.82, 2.24) is 14.5 Å². The molecule has 2 aromatic heterocycles. The van der Waals surface area contributed by atoms with Crippen LogP contribution in [0, 0.1) is 5.82 Å². The average molecular weight is 270 g/mol. The van der Waals surface area contributed by atoms with Crippen molar-refractivity contribution in [2.24, 2.45) is 12.8 Å². The van der Waals surface area contributed by atoms with E-state index in [0.717, 1.165) is 16.9 Å². The van der Waals surface area contributed by atoms with E-state index in [0.29, 0.717) is 12.0 Å². The highest BCUT2D eigenvalue weighted by atomic mass is 19.1. The third-order valence-electron chi connectivity index (χ3n) is 3.49. The van der Waals surface area contributed by atoms with Crippen LogP contribution in [0.2, 0.25) is 0 Å². The lowest BCUT2D eigenvalue weighted by atomic mass is 10.1. The number of imidazole rings is 1. The molecule has 0 saturated carbocycles. The van der Waals surface area contributed by atoms with Crippen LogP contribution in [0.3, 0.4) is 0 Å². The number of benzene rings is 1. The van der Waals surface area contributed by atoms with Gasteiger partial charge in [-0.1, -0.05) is 12.1 Å². The highest BCUT2D eigenvalue weighted by Gasteiger charge is 2.15. The number of halogens is 1. The maximum absolute atomic E-state index is 13.7. The molecule has 20 heavy (non-hydrogen) atoms. The first kappa shape index (κ1) is 12.7. The Balaban J connectivity index is 1.93. The molecule has 0 radical (unpaired) electrons. The smallest absolute Gasteiger partial charge is 0.146 e. The van der Waals surface area contributed by atoms with E-state index in [1.54, 1.807) is 12.3 Å². The molecule has 2 heterocycles. The number of aryl methyl sites for hydroxylation is 1. The van der Waals surface area contributed by atoms with E-state index in [-0.39, 0.29) is 5.82 Å². The number of hydrogen-bond acceptors (Lipinski definition) is 3. The van der Waals surface area contributed by atoms with Crippen LogP contribution in [-0.2, 0) is 13.5 Å². The predicted molar refractivity (Wildman–Crippen MR) is 75.5 cm³/mol. The molecule has 0 bridgehead atoms. The number of nitrogens with zero attached hydrogens (tertiary/aromatic N) is 3. The Labute approximate surface area is 116 Å². The molecule has 0 saturated heterocycles. The fraction of sp³-hybridized carbons (Fsp3) is 0.200. The summed E-state index contributed by atoms with van der Waals surface area (Å²) in [5.74, 6) is 0.466. The summed E-state index contributed by atoms with van der Waals surface area (Å²) in [7, 11) is 1.94. The molecule has 0 amide bonds. The molecule has 0 aliphatic heterocycles. The number of fused-ring (bicyclic) bond motifs is 1. The lowest BCUT2D eigenvalue weighted by molar-refractivity contribution is 0.566. The second-order valence-corrected chi connectivity index (χ2v) is 4.78. The summed E-state index contributed by atoms with van der Waals surface area (Å²) in [6.45, 7) is 0. The summed E-state index contributed by atoms with van der Waals surface area (Å²) in [4.78, 5) is 8.29. The van der Waals surface area contributed by atoms with E-state index in [9.17, 15) is 4.39 Å². The van der Waals surface area contributed by atoms with Crippen molar-refractivity contribution in [2.75, 3.05) is 0 Å². The molecule has 0 spiro atoms. The van der Waals surface area contributed by atoms with Crippen molar-refractivity contribution in [3.63, 3.8) is 0 Å². The van der Waals surface area contributed by atoms with E-state index in [1.165, 1.54) is 6.20 Å². The monoisotopic (exact) mass is 270 g/mol. The van der Waals surface area contributed by atoms with Crippen LogP contribution >= 0.6 is 0 Å². The molecular formula is C15H15FN4. The first-order valence-electron chi connectivity index (χ1n) is 6.42. The fourth-order valence-corrected chi connectivity index (χ4v) is 2.37. The Bertz CT molecular complexity index is 750. The van der Waals surface area contributed by atoms with Gasteiger partial charge in [0.15, 0.2) is 0 Å². The van der Waals surface area contributed by atoms with Gasteiger partial charge in [0.2, 0.25) is 0 Å². The summed E-state index contributed by atoms with van der Waals surface area (Å²) in [5, 5.41) is 0. The average Bonchev–Trinajstić information content (AvgIpc) is 2.76. The summed E-state index contributed by atoms with van der Waals surface area (Å²) in [6, 6.07) is 9.05. The molecule has 1 unspecified atom stereocenters. The van der Waals surface area contributed by atoms with Crippen LogP contribution in [0.25, 0.3) is 11.0 Å². The highest BCUT2D eigenvalue weighted by Crippen LogP contribution is 2.20. The largest absolute Gasteiger partial charge is 0.331 e. The minimum absolute atomic E-state index is 0.376. The summed E-state index contributed by atoms with van der Waals surface area (Å²) >= 11 is 0. The van der Waals surface area contributed by atoms with Crippen molar-refractivity contribution in [3.05, 3.63) is 59.9 Å². The first-order chi connectivity index (χ1) is 9.66. The minimum atomic E-state index is -0.437. The van der Waals surface area contributed by atoms with Gasteiger partial charge in [-0.05, 0) is 18.2 Å². The molecule has 4 nitrogen and oxygen atoms in total. The molecule has 102 valence electrons. The third kappa shape index (κ3) is 2.16. The summed E-state index contributed by atoms with van der Waals surface area (Å²) < 4.78 is 15.7. The Morgan fingerprint density at radius 2 is 2.10 bits per heavy atom. The number of nitrogens with two attached hydrogens (primary N) is 1. The second-order valence-electron chi connectivity index (χ2n) is 4.78. The van der Waals surface area contributed by atoms with Gasteiger partial charge in [0, 0.05) is 31.3 Å². The van der Waals surface area contributed by atoms with Crippen molar-refractivity contribution < 1.29 is 4.39 Å². The molecule has 1 atom stereocenters. The number of rotatable bonds is 3. The minimum Gasteiger partial charge on any atom is -0.331 e. The Morgan fingerprint density at radius 3 is 2.85 bits per heavy atom. The van der Waals surface area contributed by atoms with Gasteiger partial charge in [0.1, 0.15) is 11.6 Å². The van der Waals surface area contributed by atoms with Gasteiger partial charge in [-0.15, -0.1) is 0 Å². The van der Waals surface area contributed by atoms with Gasteiger partial charge in [0.05, 0.1) is 17.2 Å². The van der Waals surface area contributed by atoms with E-state index in [2.05, 4.69) is 9.97 Å². The normalized spacial score (nSPS) is 12.8. The van der Waals surface area contributed by atoms with Crippen molar-refractivity contribution in [2.45, 2.75) is 12.5 Å². The van der Waals surface area contributed by atoms with Crippen LogP contribution in [-0.4, -0.2) is 14.5 Å². The van der Waals surface area contributed by atoms with Gasteiger partial charge >= 0.3 is 0 Å². The molecule has 5 heteroatoms. The molecule has 2 N–H and O–H groups in total. The Hall–Kier alpha value is -2.27. The predicted octanol–water partition coefficient (Wildman–Crippen LogP) is 2.35. The topological polar surface area (TPSA) is 56.7 Å². The molecule has 0 aliphatic carbocycles. The Kier molecular flexibility index (Phi) is 3.20. The molecule has 3 aromatic rings. The van der Waals surface area contributed by atoms with Gasteiger partial charge in [-0.3, -0.25) is 4.98 Å². The molecule has 0 fully saturated rings. The van der Waals surface area contributed by atoms with Crippen LogP contribution in [0.5, 0.6) is 0 Å². The van der Waals surface area contributed by atoms with E-state index in [4.69, 9.17) is 5.73 Å². The van der Waals surface area contributed by atoms with Crippen LogP contribution < -0.4 is 5.73 Å².